The molecule has 1 aromatic carbocycles. The van der Waals surface area contributed by atoms with E-state index in [4.69, 9.17) is 9.47 Å². The second-order valence-corrected chi connectivity index (χ2v) is 4.98. The van der Waals surface area contributed by atoms with Crippen molar-refractivity contribution in [2.24, 2.45) is 0 Å². The third-order valence-electron chi connectivity index (χ3n) is 3.17. The van der Waals surface area contributed by atoms with Crippen LogP contribution in [0.1, 0.15) is 36.2 Å². The molecule has 0 aliphatic rings. The van der Waals surface area contributed by atoms with Crippen molar-refractivity contribution in [2.45, 2.75) is 26.8 Å². The molecule has 0 bridgehead atoms. The molecule has 1 aromatic heterocycles. The van der Waals surface area contributed by atoms with Gasteiger partial charge in [-0.05, 0) is 49.2 Å². The SMILES string of the molecule is CCCOc1ccc(C(=O)NCc2ccncc2)cc1OCC. The Bertz CT molecular complexity index is 629. The lowest BCUT2D eigenvalue weighted by molar-refractivity contribution is 0.0950. The summed E-state index contributed by atoms with van der Waals surface area (Å²) in [5.41, 5.74) is 1.55. The lowest BCUT2D eigenvalue weighted by Gasteiger charge is -2.13. The molecule has 0 radical (unpaired) electrons. The zero-order valence-corrected chi connectivity index (χ0v) is 13.5. The molecule has 0 aliphatic carbocycles. The zero-order valence-electron chi connectivity index (χ0n) is 13.5. The van der Waals surface area contributed by atoms with Gasteiger partial charge in [0.05, 0.1) is 13.2 Å². The standard InChI is InChI=1S/C18H22N2O3/c1-3-11-23-16-6-5-15(12-17(16)22-4-2)18(21)20-13-14-7-9-19-10-8-14/h5-10,12H,3-4,11,13H2,1-2H3,(H,20,21). The molecule has 1 heterocycles. The number of benzene rings is 1. The molecular weight excluding hydrogens is 292 g/mol. The smallest absolute Gasteiger partial charge is 0.251 e. The van der Waals surface area contributed by atoms with Gasteiger partial charge in [-0.2, -0.15) is 0 Å². The fourth-order valence-corrected chi connectivity index (χ4v) is 2.03. The van der Waals surface area contributed by atoms with Crippen LogP contribution in [0, 0.1) is 0 Å². The Morgan fingerprint density at radius 3 is 2.57 bits per heavy atom. The largest absolute Gasteiger partial charge is 0.490 e. The first-order valence-corrected chi connectivity index (χ1v) is 7.81. The van der Waals surface area contributed by atoms with Crippen molar-refractivity contribution in [3.05, 3.63) is 53.9 Å². The molecule has 0 saturated heterocycles. The van der Waals surface area contributed by atoms with Crippen LogP contribution in [-0.4, -0.2) is 24.1 Å². The van der Waals surface area contributed by atoms with E-state index in [1.165, 1.54) is 0 Å². The van der Waals surface area contributed by atoms with Crippen LogP contribution in [0.5, 0.6) is 11.5 Å². The predicted molar refractivity (Wildman–Crippen MR) is 88.8 cm³/mol. The number of nitrogens with zero attached hydrogens (tertiary/aromatic N) is 1. The summed E-state index contributed by atoms with van der Waals surface area (Å²) in [6, 6.07) is 8.98. The molecule has 5 nitrogen and oxygen atoms in total. The summed E-state index contributed by atoms with van der Waals surface area (Å²) in [6.45, 7) is 5.54. The van der Waals surface area contributed by atoms with Gasteiger partial charge in [-0.1, -0.05) is 6.92 Å². The Morgan fingerprint density at radius 1 is 1.09 bits per heavy atom. The number of hydrogen-bond donors (Lipinski definition) is 1. The van der Waals surface area contributed by atoms with Crippen molar-refractivity contribution in [3.63, 3.8) is 0 Å². The Labute approximate surface area is 136 Å². The van der Waals surface area contributed by atoms with Gasteiger partial charge < -0.3 is 14.8 Å². The van der Waals surface area contributed by atoms with E-state index in [1.54, 1.807) is 30.6 Å². The molecule has 5 heteroatoms. The summed E-state index contributed by atoms with van der Waals surface area (Å²) in [5.74, 6) is 1.11. The third-order valence-corrected chi connectivity index (χ3v) is 3.17. The maximum absolute atomic E-state index is 12.3. The first-order chi connectivity index (χ1) is 11.2. The quantitative estimate of drug-likeness (QED) is 0.813. The molecule has 23 heavy (non-hydrogen) atoms. The highest BCUT2D eigenvalue weighted by Gasteiger charge is 2.11. The Balaban J connectivity index is 2.05. The Morgan fingerprint density at radius 2 is 1.87 bits per heavy atom. The van der Waals surface area contributed by atoms with Crippen molar-refractivity contribution in [3.8, 4) is 11.5 Å². The molecule has 0 fully saturated rings. The van der Waals surface area contributed by atoms with Crippen molar-refractivity contribution in [1.82, 2.24) is 10.3 Å². The zero-order chi connectivity index (χ0) is 16.5. The summed E-state index contributed by atoms with van der Waals surface area (Å²) in [4.78, 5) is 16.2. The highest BCUT2D eigenvalue weighted by atomic mass is 16.5. The van der Waals surface area contributed by atoms with Crippen molar-refractivity contribution in [1.29, 1.82) is 0 Å². The maximum Gasteiger partial charge on any atom is 0.251 e. The van der Waals surface area contributed by atoms with Gasteiger partial charge in [0, 0.05) is 24.5 Å². The van der Waals surface area contributed by atoms with Crippen LogP contribution in [0.2, 0.25) is 0 Å². The third kappa shape index (κ3) is 4.98. The monoisotopic (exact) mass is 314 g/mol. The Hall–Kier alpha value is -2.56. The summed E-state index contributed by atoms with van der Waals surface area (Å²) in [5, 5.41) is 2.88. The van der Waals surface area contributed by atoms with Gasteiger partial charge in [-0.3, -0.25) is 9.78 Å². The number of nitrogens with one attached hydrogen (secondary N) is 1. The highest BCUT2D eigenvalue weighted by Crippen LogP contribution is 2.28. The topological polar surface area (TPSA) is 60.5 Å². The summed E-state index contributed by atoms with van der Waals surface area (Å²) < 4.78 is 11.2. The molecular formula is C18H22N2O3. The van der Waals surface area contributed by atoms with Gasteiger partial charge in [0.2, 0.25) is 0 Å². The molecule has 1 amide bonds. The summed E-state index contributed by atoms with van der Waals surface area (Å²) >= 11 is 0. The lowest BCUT2D eigenvalue weighted by Crippen LogP contribution is -2.22. The molecule has 0 atom stereocenters. The van der Waals surface area contributed by atoms with E-state index >= 15 is 0 Å². The minimum absolute atomic E-state index is 0.148. The number of carbonyl (C=O) groups excluding carboxylic acids is 1. The van der Waals surface area contributed by atoms with Gasteiger partial charge >= 0.3 is 0 Å². The van der Waals surface area contributed by atoms with E-state index in [-0.39, 0.29) is 5.91 Å². The van der Waals surface area contributed by atoms with Crippen molar-refractivity contribution < 1.29 is 14.3 Å². The fraction of sp³-hybridized carbons (Fsp3) is 0.333. The number of pyridine rings is 1. The molecule has 0 spiro atoms. The average molecular weight is 314 g/mol. The van der Waals surface area contributed by atoms with Crippen molar-refractivity contribution in [2.75, 3.05) is 13.2 Å². The predicted octanol–water partition coefficient (Wildman–Crippen LogP) is 3.20. The number of hydrogen-bond acceptors (Lipinski definition) is 4. The first-order valence-electron chi connectivity index (χ1n) is 7.81. The van der Waals surface area contributed by atoms with Crippen LogP contribution in [-0.2, 0) is 6.54 Å². The Kier molecular flexibility index (Phi) is 6.41. The number of amides is 1. The number of aromatic nitrogens is 1. The second-order valence-electron chi connectivity index (χ2n) is 4.98. The first kappa shape index (κ1) is 16.8. The fourth-order valence-electron chi connectivity index (χ4n) is 2.03. The molecule has 2 aromatic rings. The van der Waals surface area contributed by atoms with Gasteiger partial charge in [-0.25, -0.2) is 0 Å². The molecule has 2 rings (SSSR count). The van der Waals surface area contributed by atoms with E-state index in [9.17, 15) is 4.79 Å². The number of ether oxygens (including phenoxy) is 2. The van der Waals surface area contributed by atoms with Crippen LogP contribution in [0.25, 0.3) is 0 Å². The van der Waals surface area contributed by atoms with E-state index in [1.807, 2.05) is 26.0 Å². The van der Waals surface area contributed by atoms with E-state index in [0.29, 0.717) is 36.8 Å². The highest BCUT2D eigenvalue weighted by molar-refractivity contribution is 5.94. The van der Waals surface area contributed by atoms with Crippen LogP contribution >= 0.6 is 0 Å². The molecule has 1 N–H and O–H groups in total. The van der Waals surface area contributed by atoms with Gasteiger partial charge in [0.25, 0.3) is 5.91 Å². The molecule has 0 saturated carbocycles. The van der Waals surface area contributed by atoms with Crippen molar-refractivity contribution >= 4 is 5.91 Å². The maximum atomic E-state index is 12.3. The molecule has 0 aliphatic heterocycles. The van der Waals surface area contributed by atoms with Gasteiger partial charge in [0.1, 0.15) is 0 Å². The number of rotatable bonds is 8. The minimum Gasteiger partial charge on any atom is -0.490 e. The van der Waals surface area contributed by atoms with Crippen LogP contribution < -0.4 is 14.8 Å². The van der Waals surface area contributed by atoms with E-state index in [0.717, 1.165) is 12.0 Å². The summed E-state index contributed by atoms with van der Waals surface area (Å²) in [6.07, 6.45) is 4.32. The van der Waals surface area contributed by atoms with E-state index < -0.39 is 0 Å². The van der Waals surface area contributed by atoms with Gasteiger partial charge in [-0.15, -0.1) is 0 Å². The summed E-state index contributed by atoms with van der Waals surface area (Å²) in [7, 11) is 0. The average Bonchev–Trinajstić information content (AvgIpc) is 2.59. The van der Waals surface area contributed by atoms with E-state index in [2.05, 4.69) is 10.3 Å². The van der Waals surface area contributed by atoms with Gasteiger partial charge in [0.15, 0.2) is 11.5 Å². The second kappa shape index (κ2) is 8.78. The van der Waals surface area contributed by atoms with Crippen LogP contribution in [0.15, 0.2) is 42.7 Å². The minimum atomic E-state index is -0.148. The normalized spacial score (nSPS) is 10.2. The van der Waals surface area contributed by atoms with Crippen LogP contribution in [0.3, 0.4) is 0 Å². The number of carbonyl (C=O) groups is 1. The molecule has 0 unspecified atom stereocenters. The molecule has 122 valence electrons. The van der Waals surface area contributed by atoms with Crippen LogP contribution in [0.4, 0.5) is 0 Å². The lowest BCUT2D eigenvalue weighted by atomic mass is 10.1.